The molecule has 1 fully saturated rings. The zero-order chi connectivity index (χ0) is 18.0. The Kier molecular flexibility index (Phi) is 3.15. The topological polar surface area (TPSA) is 59.6 Å². The molecule has 2 aromatic carbocycles. The van der Waals surface area contributed by atoms with Crippen LogP contribution in [-0.4, -0.2) is 44.0 Å². The summed E-state index contributed by atoms with van der Waals surface area (Å²) >= 11 is 5.59. The molecule has 2 unspecified atom stereocenters. The molecular weight excluding hydrogens is 346 g/mol. The van der Waals surface area contributed by atoms with E-state index in [4.69, 9.17) is 12.2 Å². The van der Waals surface area contributed by atoms with Crippen molar-refractivity contribution in [1.29, 1.82) is 0 Å². The summed E-state index contributed by atoms with van der Waals surface area (Å²) in [6.45, 7) is 0. The highest BCUT2D eigenvalue weighted by atomic mass is 32.1. The molecule has 0 spiro atoms. The van der Waals surface area contributed by atoms with Gasteiger partial charge >= 0.3 is 0 Å². The first kappa shape index (κ1) is 15.4. The van der Waals surface area contributed by atoms with Gasteiger partial charge in [0, 0.05) is 30.1 Å². The van der Waals surface area contributed by atoms with E-state index in [2.05, 4.69) is 11.1 Å². The number of aromatic amines is 1. The summed E-state index contributed by atoms with van der Waals surface area (Å²) in [5.74, 6) is 0.225. The predicted molar refractivity (Wildman–Crippen MR) is 103 cm³/mol. The molecule has 1 amide bonds. The number of aromatic hydroxyl groups is 1. The Balaban J connectivity index is 1.79. The molecule has 6 heteroatoms. The number of H-pyrrole nitrogens is 1. The number of likely N-dealkylation sites (N-methyl/N-ethyl adjacent to an activating group) is 1. The second kappa shape index (κ2) is 5.32. The number of hydrogen-bond acceptors (Lipinski definition) is 3. The van der Waals surface area contributed by atoms with Crippen LogP contribution in [0.3, 0.4) is 0 Å². The molecule has 130 valence electrons. The number of carbonyl (C=O) groups excluding carboxylic acids is 1. The second-order valence-corrected chi connectivity index (χ2v) is 7.23. The maximum atomic E-state index is 12.8. The van der Waals surface area contributed by atoms with Crippen molar-refractivity contribution in [3.63, 3.8) is 0 Å². The number of nitrogens with one attached hydrogen (secondary N) is 1. The summed E-state index contributed by atoms with van der Waals surface area (Å²) in [4.78, 5) is 19.9. The summed E-state index contributed by atoms with van der Waals surface area (Å²) in [5, 5.41) is 11.7. The van der Waals surface area contributed by atoms with Gasteiger partial charge in [-0.3, -0.25) is 9.69 Å². The Morgan fingerprint density at radius 2 is 2.00 bits per heavy atom. The zero-order valence-corrected chi connectivity index (χ0v) is 15.0. The van der Waals surface area contributed by atoms with E-state index in [-0.39, 0.29) is 23.7 Å². The fraction of sp³-hybridized carbons (Fsp3) is 0.200. The number of phenols is 1. The Labute approximate surface area is 155 Å². The average molecular weight is 363 g/mol. The molecule has 1 aromatic heterocycles. The smallest absolute Gasteiger partial charge is 0.251 e. The molecule has 2 aliphatic heterocycles. The van der Waals surface area contributed by atoms with Gasteiger partial charge in [-0.2, -0.15) is 0 Å². The number of benzene rings is 2. The first-order valence-corrected chi connectivity index (χ1v) is 8.95. The minimum absolute atomic E-state index is 0.0242. The highest BCUT2D eigenvalue weighted by Crippen LogP contribution is 2.44. The lowest BCUT2D eigenvalue weighted by Gasteiger charge is -2.37. The van der Waals surface area contributed by atoms with Gasteiger partial charge in [0.1, 0.15) is 11.8 Å². The van der Waals surface area contributed by atoms with Crippen molar-refractivity contribution in [2.24, 2.45) is 0 Å². The van der Waals surface area contributed by atoms with E-state index in [1.807, 2.05) is 35.2 Å². The SMILES string of the molecule is CN1C(=O)C2Cc3c([nH]c4ccccc34)C(c3cccc(O)c3)N2C1=S. The molecule has 2 N–H and O–H groups in total. The Morgan fingerprint density at radius 3 is 2.81 bits per heavy atom. The molecule has 2 atom stereocenters. The van der Waals surface area contributed by atoms with Gasteiger partial charge in [0.25, 0.3) is 5.91 Å². The third-order valence-corrected chi connectivity index (χ3v) is 5.93. The van der Waals surface area contributed by atoms with Crippen molar-refractivity contribution < 1.29 is 9.90 Å². The van der Waals surface area contributed by atoms with Crippen molar-refractivity contribution in [3.8, 4) is 5.75 Å². The lowest BCUT2D eigenvalue weighted by Crippen LogP contribution is -2.44. The normalized spacial score (nSPS) is 22.0. The van der Waals surface area contributed by atoms with Gasteiger partial charge in [0.15, 0.2) is 5.11 Å². The van der Waals surface area contributed by atoms with Crippen LogP contribution >= 0.6 is 12.2 Å². The summed E-state index contributed by atoms with van der Waals surface area (Å²) < 4.78 is 0. The summed E-state index contributed by atoms with van der Waals surface area (Å²) in [6.07, 6.45) is 0.623. The van der Waals surface area contributed by atoms with Gasteiger partial charge in [0.2, 0.25) is 0 Å². The van der Waals surface area contributed by atoms with E-state index < -0.39 is 0 Å². The summed E-state index contributed by atoms with van der Waals surface area (Å²) in [6, 6.07) is 14.8. The highest BCUT2D eigenvalue weighted by Gasteiger charge is 2.49. The molecule has 0 radical (unpaired) electrons. The van der Waals surface area contributed by atoms with E-state index in [0.29, 0.717) is 11.5 Å². The minimum Gasteiger partial charge on any atom is -0.508 e. The standard InChI is InChI=1S/C20H17N3O2S/c1-22-19(25)16-10-14-13-7-2-3-8-15(13)21-17(14)18(23(16)20(22)26)11-5-4-6-12(24)9-11/h2-9,16,18,21,24H,10H2,1H3. The number of amides is 1. The Bertz CT molecular complexity index is 1070. The van der Waals surface area contributed by atoms with E-state index >= 15 is 0 Å². The molecule has 26 heavy (non-hydrogen) atoms. The van der Waals surface area contributed by atoms with Gasteiger partial charge in [0.05, 0.1) is 6.04 Å². The maximum absolute atomic E-state index is 12.8. The zero-order valence-electron chi connectivity index (χ0n) is 14.1. The summed E-state index contributed by atoms with van der Waals surface area (Å²) in [5.41, 5.74) is 4.16. The van der Waals surface area contributed by atoms with E-state index in [0.717, 1.165) is 27.7 Å². The van der Waals surface area contributed by atoms with Crippen LogP contribution in [0, 0.1) is 0 Å². The van der Waals surface area contributed by atoms with E-state index in [1.54, 1.807) is 24.1 Å². The van der Waals surface area contributed by atoms with Crippen molar-refractivity contribution in [1.82, 2.24) is 14.8 Å². The van der Waals surface area contributed by atoms with Crippen LogP contribution in [0.2, 0.25) is 0 Å². The van der Waals surface area contributed by atoms with Crippen LogP contribution in [0.25, 0.3) is 10.9 Å². The number of aromatic nitrogens is 1. The maximum Gasteiger partial charge on any atom is 0.251 e. The molecule has 3 aromatic rings. The molecular formula is C20H17N3O2S. The van der Waals surface area contributed by atoms with Gasteiger partial charge < -0.3 is 15.0 Å². The van der Waals surface area contributed by atoms with E-state index in [1.165, 1.54) is 0 Å². The molecule has 3 heterocycles. The van der Waals surface area contributed by atoms with Gasteiger partial charge in [-0.25, -0.2) is 0 Å². The number of thiocarbonyl (C=S) groups is 1. The molecule has 5 nitrogen and oxygen atoms in total. The number of hydrogen-bond donors (Lipinski definition) is 2. The second-order valence-electron chi connectivity index (χ2n) is 6.87. The fourth-order valence-corrected chi connectivity index (χ4v) is 4.57. The third kappa shape index (κ3) is 1.96. The summed E-state index contributed by atoms with van der Waals surface area (Å²) in [7, 11) is 1.73. The van der Waals surface area contributed by atoms with Crippen LogP contribution in [0.5, 0.6) is 5.75 Å². The molecule has 1 saturated heterocycles. The number of phenolic OH excluding ortho intramolecular Hbond substituents is 1. The van der Waals surface area contributed by atoms with Gasteiger partial charge in [-0.1, -0.05) is 30.3 Å². The molecule has 0 saturated carbocycles. The number of carbonyl (C=O) groups is 1. The van der Waals surface area contributed by atoms with Crippen molar-refractivity contribution >= 4 is 34.1 Å². The van der Waals surface area contributed by atoms with Crippen LogP contribution in [0.15, 0.2) is 48.5 Å². The van der Waals surface area contributed by atoms with Crippen LogP contribution in [-0.2, 0) is 11.2 Å². The number of rotatable bonds is 1. The lowest BCUT2D eigenvalue weighted by molar-refractivity contribution is -0.127. The quantitative estimate of drug-likeness (QED) is 0.653. The van der Waals surface area contributed by atoms with Gasteiger partial charge in [-0.15, -0.1) is 0 Å². The van der Waals surface area contributed by atoms with Crippen molar-refractivity contribution in [2.75, 3.05) is 7.05 Å². The van der Waals surface area contributed by atoms with Crippen molar-refractivity contribution in [3.05, 3.63) is 65.4 Å². The third-order valence-electron chi connectivity index (χ3n) is 5.44. The van der Waals surface area contributed by atoms with Crippen LogP contribution in [0.4, 0.5) is 0 Å². The van der Waals surface area contributed by atoms with Gasteiger partial charge in [-0.05, 0) is 41.5 Å². The first-order valence-electron chi connectivity index (χ1n) is 8.54. The molecule has 0 aliphatic carbocycles. The Hall–Kier alpha value is -2.86. The monoisotopic (exact) mass is 363 g/mol. The van der Waals surface area contributed by atoms with Crippen LogP contribution in [0.1, 0.15) is 22.9 Å². The van der Waals surface area contributed by atoms with Crippen LogP contribution < -0.4 is 0 Å². The largest absolute Gasteiger partial charge is 0.508 e. The molecule has 5 rings (SSSR count). The van der Waals surface area contributed by atoms with Crippen molar-refractivity contribution in [2.45, 2.75) is 18.5 Å². The fourth-order valence-electron chi connectivity index (χ4n) is 4.25. The average Bonchev–Trinajstić information content (AvgIpc) is 3.12. The molecule has 0 bridgehead atoms. The number of para-hydroxylation sites is 1. The molecule has 2 aliphatic rings. The first-order chi connectivity index (χ1) is 12.6. The minimum atomic E-state index is -0.313. The Morgan fingerprint density at radius 1 is 1.19 bits per heavy atom. The number of fused-ring (bicyclic) bond motifs is 4. The highest BCUT2D eigenvalue weighted by molar-refractivity contribution is 7.80. The lowest BCUT2D eigenvalue weighted by atomic mass is 9.89. The predicted octanol–water partition coefficient (Wildman–Crippen LogP) is 2.95. The number of nitrogens with zero attached hydrogens (tertiary/aromatic N) is 2. The van der Waals surface area contributed by atoms with E-state index in [9.17, 15) is 9.90 Å².